The Bertz CT molecular complexity index is 677. The zero-order valence-corrected chi connectivity index (χ0v) is 15.2. The van der Waals surface area contributed by atoms with Gasteiger partial charge in [0.05, 0.1) is 6.20 Å². The van der Waals surface area contributed by atoms with Gasteiger partial charge in [-0.25, -0.2) is 4.98 Å². The summed E-state index contributed by atoms with van der Waals surface area (Å²) in [5, 5.41) is 11.9. The van der Waals surface area contributed by atoms with E-state index in [2.05, 4.69) is 36.4 Å². The minimum Gasteiger partial charge on any atom is -0.353 e. The maximum Gasteiger partial charge on any atom is 0.244 e. The van der Waals surface area contributed by atoms with Crippen LogP contribution in [0.15, 0.2) is 30.6 Å². The lowest BCUT2D eigenvalue weighted by Gasteiger charge is -2.35. The maximum absolute atomic E-state index is 4.73. The van der Waals surface area contributed by atoms with Gasteiger partial charge in [-0.05, 0) is 25.0 Å². The summed E-state index contributed by atoms with van der Waals surface area (Å²) in [6, 6.07) is 6.54. The molecular weight excluding hydrogens is 326 g/mol. The Balaban J connectivity index is 1.36. The summed E-state index contributed by atoms with van der Waals surface area (Å²) >= 11 is 0. The zero-order valence-electron chi connectivity index (χ0n) is 15.2. The Morgan fingerprint density at radius 2 is 1.62 bits per heavy atom. The Morgan fingerprint density at radius 3 is 2.31 bits per heavy atom. The van der Waals surface area contributed by atoms with Crippen molar-refractivity contribution in [1.29, 1.82) is 0 Å². The minimum absolute atomic E-state index is 0.482. The molecule has 0 aromatic carbocycles. The van der Waals surface area contributed by atoms with Gasteiger partial charge in [0.15, 0.2) is 5.82 Å². The first-order valence-electron chi connectivity index (χ1n) is 9.76. The van der Waals surface area contributed by atoms with Crippen molar-refractivity contribution in [2.45, 2.75) is 44.6 Å². The molecule has 3 heterocycles. The molecule has 0 unspecified atom stereocenters. The first kappa shape index (κ1) is 17.0. The highest BCUT2D eigenvalue weighted by Gasteiger charge is 2.20. The third-order valence-electron chi connectivity index (χ3n) is 5.31. The minimum atomic E-state index is 0.482. The van der Waals surface area contributed by atoms with Crippen LogP contribution in [0.3, 0.4) is 0 Å². The van der Waals surface area contributed by atoms with Crippen molar-refractivity contribution in [3.8, 4) is 0 Å². The third-order valence-corrected chi connectivity index (χ3v) is 5.31. The van der Waals surface area contributed by atoms with Crippen LogP contribution in [0.5, 0.6) is 0 Å². The predicted octanol–water partition coefficient (Wildman–Crippen LogP) is 2.73. The topological polar surface area (TPSA) is 70.1 Å². The van der Waals surface area contributed by atoms with E-state index in [1.807, 2.05) is 18.3 Å². The van der Waals surface area contributed by atoms with E-state index >= 15 is 0 Å². The van der Waals surface area contributed by atoms with Crippen molar-refractivity contribution >= 4 is 17.6 Å². The Morgan fingerprint density at radius 1 is 0.885 bits per heavy atom. The second-order valence-electron chi connectivity index (χ2n) is 7.13. The Kier molecular flexibility index (Phi) is 5.42. The number of pyridine rings is 1. The maximum atomic E-state index is 4.73. The fraction of sp³-hybridized carbons (Fsp3) is 0.579. The number of hydrogen-bond acceptors (Lipinski definition) is 7. The van der Waals surface area contributed by atoms with Gasteiger partial charge in [0.25, 0.3) is 0 Å². The van der Waals surface area contributed by atoms with Gasteiger partial charge in [0, 0.05) is 38.4 Å². The molecule has 0 spiro atoms. The summed E-state index contributed by atoms with van der Waals surface area (Å²) in [4.78, 5) is 13.8. The molecule has 2 aliphatic rings. The molecule has 2 aromatic rings. The number of piperazine rings is 1. The van der Waals surface area contributed by atoms with Gasteiger partial charge in [0.1, 0.15) is 5.82 Å². The number of rotatable bonds is 4. The summed E-state index contributed by atoms with van der Waals surface area (Å²) in [6.07, 6.45) is 11.3. The highest BCUT2D eigenvalue weighted by atomic mass is 15.3. The number of hydrogen-bond donors (Lipinski definition) is 1. The molecule has 1 aliphatic heterocycles. The molecule has 0 atom stereocenters. The second kappa shape index (κ2) is 8.29. The first-order valence-corrected chi connectivity index (χ1v) is 9.76. The Hall–Kier alpha value is -2.44. The SMILES string of the molecule is c1ccc(N2CCN(c3cnnc(NC4CCCCCC4)n3)CC2)nc1. The number of nitrogens with zero attached hydrogens (tertiary/aromatic N) is 6. The molecule has 0 amide bonds. The van der Waals surface area contributed by atoms with Crippen LogP contribution < -0.4 is 15.1 Å². The van der Waals surface area contributed by atoms with Crippen molar-refractivity contribution in [2.75, 3.05) is 41.3 Å². The van der Waals surface area contributed by atoms with Gasteiger partial charge in [-0.2, -0.15) is 10.1 Å². The van der Waals surface area contributed by atoms with E-state index in [9.17, 15) is 0 Å². The van der Waals surface area contributed by atoms with Gasteiger partial charge in [-0.1, -0.05) is 31.7 Å². The lowest BCUT2D eigenvalue weighted by atomic mass is 10.1. The summed E-state index contributed by atoms with van der Waals surface area (Å²) < 4.78 is 0. The Labute approximate surface area is 154 Å². The molecule has 0 bridgehead atoms. The fourth-order valence-corrected chi connectivity index (χ4v) is 3.82. The molecule has 1 N–H and O–H groups in total. The molecule has 1 saturated heterocycles. The van der Waals surface area contributed by atoms with Crippen molar-refractivity contribution in [3.05, 3.63) is 30.6 Å². The van der Waals surface area contributed by atoms with E-state index in [4.69, 9.17) is 4.98 Å². The average molecular weight is 353 g/mol. The van der Waals surface area contributed by atoms with Crippen molar-refractivity contribution in [3.63, 3.8) is 0 Å². The van der Waals surface area contributed by atoms with Crippen LogP contribution in [0.2, 0.25) is 0 Å². The molecule has 138 valence electrons. The van der Waals surface area contributed by atoms with Crippen LogP contribution in [0, 0.1) is 0 Å². The number of nitrogens with one attached hydrogen (secondary N) is 1. The summed E-state index contributed by atoms with van der Waals surface area (Å²) in [6.45, 7) is 3.70. The molecule has 7 heteroatoms. The smallest absolute Gasteiger partial charge is 0.244 e. The van der Waals surface area contributed by atoms with Crippen molar-refractivity contribution in [1.82, 2.24) is 20.2 Å². The molecule has 1 aliphatic carbocycles. The van der Waals surface area contributed by atoms with Crippen LogP contribution in [0.4, 0.5) is 17.6 Å². The van der Waals surface area contributed by atoms with Gasteiger partial charge >= 0.3 is 0 Å². The molecule has 4 rings (SSSR count). The van der Waals surface area contributed by atoms with Crippen LogP contribution in [-0.2, 0) is 0 Å². The van der Waals surface area contributed by atoms with E-state index < -0.39 is 0 Å². The van der Waals surface area contributed by atoms with Crippen LogP contribution in [-0.4, -0.2) is 52.4 Å². The summed E-state index contributed by atoms with van der Waals surface area (Å²) in [5.41, 5.74) is 0. The first-order chi connectivity index (χ1) is 12.9. The average Bonchev–Trinajstić information content (AvgIpc) is 2.98. The van der Waals surface area contributed by atoms with Crippen molar-refractivity contribution in [2.24, 2.45) is 0 Å². The molecule has 1 saturated carbocycles. The fourth-order valence-electron chi connectivity index (χ4n) is 3.82. The lowest BCUT2D eigenvalue weighted by Crippen LogP contribution is -2.47. The predicted molar refractivity (Wildman–Crippen MR) is 104 cm³/mol. The normalized spacial score (nSPS) is 19.2. The molecular formula is C19H27N7. The van der Waals surface area contributed by atoms with Crippen LogP contribution in [0.25, 0.3) is 0 Å². The molecule has 2 aromatic heterocycles. The van der Waals surface area contributed by atoms with E-state index in [1.165, 1.54) is 38.5 Å². The molecule has 0 radical (unpaired) electrons. The largest absolute Gasteiger partial charge is 0.353 e. The van der Waals surface area contributed by atoms with Gasteiger partial charge in [-0.15, -0.1) is 5.10 Å². The summed E-state index contributed by atoms with van der Waals surface area (Å²) in [5.74, 6) is 2.63. The second-order valence-corrected chi connectivity index (χ2v) is 7.13. The highest BCUT2D eigenvalue weighted by Crippen LogP contribution is 2.21. The van der Waals surface area contributed by atoms with E-state index in [-0.39, 0.29) is 0 Å². The zero-order chi connectivity index (χ0) is 17.6. The summed E-state index contributed by atoms with van der Waals surface area (Å²) in [7, 11) is 0. The molecule has 7 nitrogen and oxygen atoms in total. The van der Waals surface area contributed by atoms with Crippen LogP contribution in [0.1, 0.15) is 38.5 Å². The van der Waals surface area contributed by atoms with E-state index in [0.717, 1.165) is 37.8 Å². The van der Waals surface area contributed by atoms with E-state index in [1.54, 1.807) is 6.20 Å². The quantitative estimate of drug-likeness (QED) is 0.848. The van der Waals surface area contributed by atoms with Gasteiger partial charge in [0.2, 0.25) is 5.95 Å². The number of aromatic nitrogens is 4. The van der Waals surface area contributed by atoms with Gasteiger partial charge < -0.3 is 15.1 Å². The monoisotopic (exact) mass is 353 g/mol. The molecule has 26 heavy (non-hydrogen) atoms. The van der Waals surface area contributed by atoms with Crippen molar-refractivity contribution < 1.29 is 0 Å². The third kappa shape index (κ3) is 4.20. The van der Waals surface area contributed by atoms with Gasteiger partial charge in [-0.3, -0.25) is 0 Å². The standard InChI is InChI=1S/C19H27N7/c1-2-4-8-16(7-3-1)22-19-23-18(15-21-24-19)26-13-11-25(12-14-26)17-9-5-6-10-20-17/h5-6,9-10,15-16H,1-4,7-8,11-14H2,(H,22,23,24). The van der Waals surface area contributed by atoms with E-state index in [0.29, 0.717) is 12.0 Å². The number of anilines is 3. The van der Waals surface area contributed by atoms with Crippen LogP contribution >= 0.6 is 0 Å². The lowest BCUT2D eigenvalue weighted by molar-refractivity contribution is 0.610. The molecule has 2 fully saturated rings. The highest BCUT2D eigenvalue weighted by molar-refractivity contribution is 5.45.